The summed E-state index contributed by atoms with van der Waals surface area (Å²) in [5.41, 5.74) is 7.95. The van der Waals surface area contributed by atoms with E-state index >= 15 is 0 Å². The summed E-state index contributed by atoms with van der Waals surface area (Å²) in [6, 6.07) is 34.6. The summed E-state index contributed by atoms with van der Waals surface area (Å²) in [5.74, 6) is -0.437. The number of hydrogen-bond acceptors (Lipinski definition) is 9. The molecule has 0 aliphatic heterocycles. The maximum atomic E-state index is 13.8. The molecule has 41 heavy (non-hydrogen) atoms. The number of oxime groups is 1. The number of ether oxygens (including phenoxy) is 1. The average Bonchev–Trinajstić information content (AvgIpc) is 3.62. The van der Waals surface area contributed by atoms with E-state index in [0.29, 0.717) is 15.2 Å². The van der Waals surface area contributed by atoms with Crippen LogP contribution in [0.2, 0.25) is 0 Å². The highest BCUT2D eigenvalue weighted by Crippen LogP contribution is 2.41. The first-order valence-electron chi connectivity index (χ1n) is 12.5. The number of rotatable bonds is 8. The molecule has 0 saturated heterocycles. The number of nitrogens with zero attached hydrogens (tertiary/aromatic N) is 2. The van der Waals surface area contributed by atoms with Gasteiger partial charge in [0.15, 0.2) is 14.8 Å². The molecule has 0 radical (unpaired) electrons. The van der Waals surface area contributed by atoms with Gasteiger partial charge in [0.1, 0.15) is 11.2 Å². The lowest BCUT2D eigenvalue weighted by Crippen LogP contribution is -2.33. The Labute approximate surface area is 248 Å². The Hall–Kier alpha value is -4.64. The van der Waals surface area contributed by atoms with Crippen LogP contribution >= 0.6 is 34.9 Å². The highest BCUT2D eigenvalue weighted by molar-refractivity contribution is 7.73. The molecule has 0 atom stereocenters. The zero-order chi connectivity index (χ0) is 28.2. The molecular formula is C31H22N4O3S3. The van der Waals surface area contributed by atoms with Gasteiger partial charge < -0.3 is 20.3 Å². The molecule has 2 aromatic heterocycles. The molecule has 10 heteroatoms. The Morgan fingerprint density at radius 1 is 0.854 bits per heavy atom. The maximum Gasteiger partial charge on any atom is 0.368 e. The third-order valence-electron chi connectivity index (χ3n) is 6.39. The van der Waals surface area contributed by atoms with Crippen LogP contribution in [0.15, 0.2) is 120 Å². The van der Waals surface area contributed by atoms with E-state index in [0.717, 1.165) is 21.4 Å². The van der Waals surface area contributed by atoms with Gasteiger partial charge in [0.25, 0.3) is 0 Å². The summed E-state index contributed by atoms with van der Waals surface area (Å²) in [6.07, 6.45) is 0. The van der Waals surface area contributed by atoms with Gasteiger partial charge in [0, 0.05) is 22.1 Å². The van der Waals surface area contributed by atoms with Crippen molar-refractivity contribution in [3.05, 3.63) is 141 Å². The molecule has 4 aromatic carbocycles. The van der Waals surface area contributed by atoms with Gasteiger partial charge in [-0.2, -0.15) is 0 Å². The molecule has 202 valence electrons. The smallest absolute Gasteiger partial charge is 0.368 e. The maximum absolute atomic E-state index is 13.8. The van der Waals surface area contributed by atoms with E-state index in [4.69, 9.17) is 27.5 Å². The average molecular weight is 595 g/mol. The number of anilines is 1. The highest BCUT2D eigenvalue weighted by Gasteiger charge is 2.40. The van der Waals surface area contributed by atoms with Gasteiger partial charge >= 0.3 is 5.97 Å². The first kappa shape index (κ1) is 26.6. The molecule has 7 nitrogen and oxygen atoms in total. The standard InChI is InChI=1S/C31H22N4O3S3/c32-29-33-23(19-40-29)26(28(36)37-24-17-10-18-25-27(24)34-30(39)41-25)35-38-31(20-11-4-1-5-12-20,21-13-6-2-7-14-21)22-15-8-3-9-16-22/h1-19H,(H2,32,33)(H,34,39)/b35-26-. The number of aromatic nitrogens is 2. The van der Waals surface area contributed by atoms with E-state index in [9.17, 15) is 4.79 Å². The molecule has 0 bridgehead atoms. The topological polar surface area (TPSA) is 103 Å². The number of para-hydroxylation sites is 1. The number of benzene rings is 4. The lowest BCUT2D eigenvalue weighted by atomic mass is 9.80. The largest absolute Gasteiger partial charge is 0.419 e. The van der Waals surface area contributed by atoms with Crippen molar-refractivity contribution in [2.75, 3.05) is 5.73 Å². The van der Waals surface area contributed by atoms with E-state index in [1.54, 1.807) is 17.5 Å². The molecule has 0 aliphatic carbocycles. The second kappa shape index (κ2) is 11.5. The summed E-state index contributed by atoms with van der Waals surface area (Å²) >= 11 is 7.88. The number of nitrogen functional groups attached to an aromatic ring is 1. The SMILES string of the molecule is Nc1nc(/C(=N/OC(c2ccccc2)(c2ccccc2)c2ccccc2)C(=O)Oc2cccc3sc(=S)[nH]c23)cs1. The summed E-state index contributed by atoms with van der Waals surface area (Å²) in [6.45, 7) is 0. The van der Waals surface area contributed by atoms with Gasteiger partial charge in [-0.05, 0) is 24.4 Å². The lowest BCUT2D eigenvalue weighted by Gasteiger charge is -2.33. The summed E-state index contributed by atoms with van der Waals surface area (Å²) in [7, 11) is 0. The quantitative estimate of drug-likeness (QED) is 0.0478. The number of aromatic amines is 1. The molecule has 0 spiro atoms. The van der Waals surface area contributed by atoms with Crippen molar-refractivity contribution in [1.82, 2.24) is 9.97 Å². The number of esters is 1. The van der Waals surface area contributed by atoms with Gasteiger partial charge in [-0.1, -0.05) is 102 Å². The molecule has 3 N–H and O–H groups in total. The molecule has 0 unspecified atom stereocenters. The van der Waals surface area contributed by atoms with Crippen LogP contribution in [0.25, 0.3) is 10.2 Å². The normalized spacial score (nSPS) is 11.9. The fourth-order valence-electron chi connectivity index (χ4n) is 4.56. The first-order valence-corrected chi connectivity index (χ1v) is 14.6. The minimum Gasteiger partial charge on any atom is -0.419 e. The second-order valence-electron chi connectivity index (χ2n) is 8.91. The Morgan fingerprint density at radius 3 is 1.98 bits per heavy atom. The van der Waals surface area contributed by atoms with Crippen molar-refractivity contribution in [2.24, 2.45) is 5.16 Å². The van der Waals surface area contributed by atoms with E-state index in [-0.39, 0.29) is 16.5 Å². The molecule has 0 aliphatic rings. The third-order valence-corrected chi connectivity index (χ3v) is 8.27. The zero-order valence-corrected chi connectivity index (χ0v) is 23.8. The van der Waals surface area contributed by atoms with E-state index in [1.807, 2.05) is 97.1 Å². The number of fused-ring (bicyclic) bond motifs is 1. The summed E-state index contributed by atoms with van der Waals surface area (Å²) < 4.78 is 7.29. The fourth-order valence-corrected chi connectivity index (χ4v) is 6.23. The minimum absolute atomic E-state index is 0.129. The number of carbonyl (C=O) groups excluding carboxylic acids is 1. The Bertz CT molecular complexity index is 1800. The Balaban J connectivity index is 1.50. The molecule has 0 fully saturated rings. The van der Waals surface area contributed by atoms with Crippen molar-refractivity contribution in [1.29, 1.82) is 0 Å². The van der Waals surface area contributed by atoms with Crippen LogP contribution in [-0.2, 0) is 15.2 Å². The number of hydrogen-bond donors (Lipinski definition) is 2. The van der Waals surface area contributed by atoms with Gasteiger partial charge in [0.05, 0.1) is 4.70 Å². The fraction of sp³-hybridized carbons (Fsp3) is 0.0323. The monoisotopic (exact) mass is 594 g/mol. The molecule has 6 rings (SSSR count). The van der Waals surface area contributed by atoms with Crippen LogP contribution in [0.5, 0.6) is 5.75 Å². The van der Waals surface area contributed by atoms with E-state index in [1.165, 1.54) is 22.7 Å². The number of thiazole rings is 2. The van der Waals surface area contributed by atoms with E-state index < -0.39 is 11.6 Å². The van der Waals surface area contributed by atoms with Crippen molar-refractivity contribution in [2.45, 2.75) is 5.60 Å². The predicted molar refractivity (Wildman–Crippen MR) is 166 cm³/mol. The predicted octanol–water partition coefficient (Wildman–Crippen LogP) is 7.32. The number of nitrogens with one attached hydrogen (secondary N) is 1. The minimum atomic E-state index is -1.20. The molecular weight excluding hydrogens is 573 g/mol. The summed E-state index contributed by atoms with van der Waals surface area (Å²) in [5, 5.41) is 6.42. The number of carbonyl (C=O) groups is 1. The number of H-pyrrole nitrogens is 1. The van der Waals surface area contributed by atoms with Gasteiger partial charge in [-0.3, -0.25) is 0 Å². The van der Waals surface area contributed by atoms with Crippen LogP contribution < -0.4 is 10.5 Å². The van der Waals surface area contributed by atoms with Gasteiger partial charge in [-0.15, -0.1) is 22.7 Å². The van der Waals surface area contributed by atoms with E-state index in [2.05, 4.69) is 15.1 Å². The number of nitrogens with two attached hydrogens (primary N) is 1. The van der Waals surface area contributed by atoms with Crippen LogP contribution in [0.4, 0.5) is 5.13 Å². The van der Waals surface area contributed by atoms with Gasteiger partial charge in [0.2, 0.25) is 11.3 Å². The van der Waals surface area contributed by atoms with Gasteiger partial charge in [-0.25, -0.2) is 9.78 Å². The van der Waals surface area contributed by atoms with Crippen molar-refractivity contribution in [3.8, 4) is 5.75 Å². The lowest BCUT2D eigenvalue weighted by molar-refractivity contribution is -0.127. The van der Waals surface area contributed by atoms with Crippen LogP contribution in [0, 0.1) is 3.95 Å². The molecule has 0 amide bonds. The van der Waals surface area contributed by atoms with Crippen molar-refractivity contribution < 1.29 is 14.4 Å². The third kappa shape index (κ3) is 5.28. The van der Waals surface area contributed by atoms with Crippen molar-refractivity contribution >= 4 is 61.9 Å². The second-order valence-corrected chi connectivity index (χ2v) is 11.5. The zero-order valence-electron chi connectivity index (χ0n) is 21.4. The molecule has 2 heterocycles. The van der Waals surface area contributed by atoms with Crippen LogP contribution in [0.1, 0.15) is 22.4 Å². The van der Waals surface area contributed by atoms with Crippen LogP contribution in [0.3, 0.4) is 0 Å². The highest BCUT2D eigenvalue weighted by atomic mass is 32.1. The Morgan fingerprint density at radius 2 is 1.44 bits per heavy atom. The first-order chi connectivity index (χ1) is 20.0. The Kier molecular flexibility index (Phi) is 7.43. The molecule has 6 aromatic rings. The van der Waals surface area contributed by atoms with Crippen LogP contribution in [-0.4, -0.2) is 21.6 Å². The van der Waals surface area contributed by atoms with Crippen molar-refractivity contribution in [3.63, 3.8) is 0 Å². The molecule has 0 saturated carbocycles. The summed E-state index contributed by atoms with van der Waals surface area (Å²) in [4.78, 5) is 27.7.